The van der Waals surface area contributed by atoms with Crippen LogP contribution in [0.15, 0.2) is 18.5 Å². The van der Waals surface area contributed by atoms with Crippen LogP contribution in [0.25, 0.3) is 10.9 Å². The Kier molecular flexibility index (Phi) is 2.86. The summed E-state index contributed by atoms with van der Waals surface area (Å²) in [5.74, 6) is -0.0354. The molecule has 3 N–H and O–H groups in total. The number of hydrogen-bond acceptors (Lipinski definition) is 4. The van der Waals surface area contributed by atoms with Gasteiger partial charge in [-0.3, -0.25) is 10.1 Å². The van der Waals surface area contributed by atoms with Crippen molar-refractivity contribution in [1.82, 2.24) is 15.2 Å². The Balaban J connectivity index is 2.35. The lowest BCUT2D eigenvalue weighted by atomic mass is 10.1. The molecule has 6 heteroatoms. The number of aromatic nitrogens is 3. The predicted molar refractivity (Wildman–Crippen MR) is 55.6 cm³/mol. The molecular weight excluding hydrogens is 218 g/mol. The van der Waals surface area contributed by atoms with Crippen LogP contribution in [0.4, 0.5) is 0 Å². The van der Waals surface area contributed by atoms with Crippen LogP contribution >= 0.6 is 11.6 Å². The SMILES string of the molecule is OC(CCl)C(O)c1cc2cn[nH]c2cn1. The van der Waals surface area contributed by atoms with Gasteiger partial charge >= 0.3 is 0 Å². The van der Waals surface area contributed by atoms with Crippen molar-refractivity contribution in [2.24, 2.45) is 0 Å². The number of nitrogens with zero attached hydrogens (tertiary/aromatic N) is 2. The first-order valence-corrected chi connectivity index (χ1v) is 4.97. The van der Waals surface area contributed by atoms with Crippen LogP contribution in [0, 0.1) is 0 Å². The second-order valence-electron chi connectivity index (χ2n) is 3.23. The normalized spacial score (nSPS) is 15.4. The summed E-state index contributed by atoms with van der Waals surface area (Å²) in [7, 11) is 0. The van der Waals surface area contributed by atoms with Crippen molar-refractivity contribution >= 4 is 22.5 Å². The number of nitrogens with one attached hydrogen (secondary N) is 1. The molecule has 0 spiro atoms. The van der Waals surface area contributed by atoms with Gasteiger partial charge < -0.3 is 10.2 Å². The zero-order chi connectivity index (χ0) is 10.8. The van der Waals surface area contributed by atoms with Crippen molar-refractivity contribution in [3.63, 3.8) is 0 Å². The minimum absolute atomic E-state index is 0.0354. The number of rotatable bonds is 3. The summed E-state index contributed by atoms with van der Waals surface area (Å²) in [6.45, 7) is 0. The van der Waals surface area contributed by atoms with Crippen LogP contribution in [0.2, 0.25) is 0 Å². The van der Waals surface area contributed by atoms with Gasteiger partial charge in [0.2, 0.25) is 0 Å². The predicted octanol–water partition coefficient (Wildman–Crippen LogP) is 0.591. The van der Waals surface area contributed by atoms with Crippen molar-refractivity contribution in [2.45, 2.75) is 12.2 Å². The van der Waals surface area contributed by atoms with E-state index in [1.54, 1.807) is 18.5 Å². The van der Waals surface area contributed by atoms with Gasteiger partial charge in [0.1, 0.15) is 6.10 Å². The maximum atomic E-state index is 9.66. The fraction of sp³-hybridized carbons (Fsp3) is 0.333. The van der Waals surface area contributed by atoms with E-state index in [4.69, 9.17) is 11.6 Å². The fourth-order valence-corrected chi connectivity index (χ4v) is 1.47. The van der Waals surface area contributed by atoms with Crippen LogP contribution in [0.3, 0.4) is 0 Å². The maximum Gasteiger partial charge on any atom is 0.123 e. The van der Waals surface area contributed by atoms with Crippen LogP contribution < -0.4 is 0 Å². The van der Waals surface area contributed by atoms with E-state index in [1.165, 1.54) is 0 Å². The zero-order valence-corrected chi connectivity index (χ0v) is 8.52. The van der Waals surface area contributed by atoms with Crippen molar-refractivity contribution in [2.75, 3.05) is 5.88 Å². The summed E-state index contributed by atoms with van der Waals surface area (Å²) in [4.78, 5) is 4.01. The summed E-state index contributed by atoms with van der Waals surface area (Å²) >= 11 is 5.44. The average molecular weight is 228 g/mol. The molecule has 2 aromatic rings. The molecule has 2 aromatic heterocycles. The largest absolute Gasteiger partial charge is 0.389 e. The van der Waals surface area contributed by atoms with E-state index < -0.39 is 12.2 Å². The molecule has 0 aromatic carbocycles. The first-order valence-electron chi connectivity index (χ1n) is 4.43. The van der Waals surface area contributed by atoms with E-state index in [2.05, 4.69) is 15.2 Å². The smallest absolute Gasteiger partial charge is 0.123 e. The first kappa shape index (κ1) is 10.4. The summed E-state index contributed by atoms with van der Waals surface area (Å²) < 4.78 is 0. The van der Waals surface area contributed by atoms with E-state index >= 15 is 0 Å². The summed E-state index contributed by atoms with van der Waals surface area (Å²) in [6.07, 6.45) is 1.10. The van der Waals surface area contributed by atoms with E-state index in [0.717, 1.165) is 10.9 Å². The van der Waals surface area contributed by atoms with Gasteiger partial charge in [-0.1, -0.05) is 0 Å². The van der Waals surface area contributed by atoms with Crippen molar-refractivity contribution < 1.29 is 10.2 Å². The molecule has 0 aliphatic carbocycles. The Hall–Kier alpha value is -1.17. The van der Waals surface area contributed by atoms with Gasteiger partial charge in [-0.2, -0.15) is 5.10 Å². The summed E-state index contributed by atoms with van der Waals surface area (Å²) in [5.41, 5.74) is 1.17. The average Bonchev–Trinajstić information content (AvgIpc) is 2.73. The van der Waals surface area contributed by atoms with Crippen molar-refractivity contribution in [3.05, 3.63) is 24.2 Å². The number of hydrogen-bond donors (Lipinski definition) is 3. The van der Waals surface area contributed by atoms with Gasteiger partial charge in [0, 0.05) is 5.39 Å². The molecule has 15 heavy (non-hydrogen) atoms. The highest BCUT2D eigenvalue weighted by Crippen LogP contribution is 2.19. The van der Waals surface area contributed by atoms with Crippen molar-refractivity contribution in [1.29, 1.82) is 0 Å². The molecule has 0 amide bonds. The molecular formula is C9H10ClN3O2. The molecule has 0 radical (unpaired) electrons. The third kappa shape index (κ3) is 1.94. The molecule has 0 saturated carbocycles. The Morgan fingerprint density at radius 3 is 2.93 bits per heavy atom. The fourth-order valence-electron chi connectivity index (χ4n) is 1.30. The number of fused-ring (bicyclic) bond motifs is 1. The van der Waals surface area contributed by atoms with Crippen LogP contribution in [0.5, 0.6) is 0 Å². The standard InChI is InChI=1S/C9H10ClN3O2/c10-2-8(14)9(15)6-1-5-3-12-13-7(5)4-11-6/h1,3-4,8-9,14-15H,2H2,(H,12,13). The van der Waals surface area contributed by atoms with Gasteiger partial charge in [-0.15, -0.1) is 11.6 Å². The number of alkyl halides is 1. The Labute approximate surface area is 90.7 Å². The molecule has 2 rings (SSSR count). The highest BCUT2D eigenvalue weighted by atomic mass is 35.5. The lowest BCUT2D eigenvalue weighted by Crippen LogP contribution is -2.20. The monoisotopic (exact) mass is 227 g/mol. The van der Waals surface area contributed by atoms with Gasteiger partial charge in [0.05, 0.1) is 35.6 Å². The van der Waals surface area contributed by atoms with Crippen molar-refractivity contribution in [3.8, 4) is 0 Å². The molecule has 0 fully saturated rings. The van der Waals surface area contributed by atoms with E-state index in [0.29, 0.717) is 5.69 Å². The molecule has 0 saturated heterocycles. The number of aliphatic hydroxyl groups is 2. The molecule has 2 heterocycles. The number of aromatic amines is 1. The second-order valence-corrected chi connectivity index (χ2v) is 3.54. The Morgan fingerprint density at radius 1 is 1.40 bits per heavy atom. The molecule has 0 aliphatic heterocycles. The highest BCUT2D eigenvalue weighted by molar-refractivity contribution is 6.18. The molecule has 5 nitrogen and oxygen atoms in total. The van der Waals surface area contributed by atoms with E-state index in [-0.39, 0.29) is 5.88 Å². The van der Waals surface area contributed by atoms with E-state index in [1.807, 2.05) is 0 Å². The Morgan fingerprint density at radius 2 is 2.20 bits per heavy atom. The van der Waals surface area contributed by atoms with Gasteiger partial charge in [-0.05, 0) is 6.07 Å². The third-order valence-corrected chi connectivity index (χ3v) is 2.49. The number of H-pyrrole nitrogens is 1. The first-order chi connectivity index (χ1) is 7.22. The topological polar surface area (TPSA) is 82.0 Å². The lowest BCUT2D eigenvalue weighted by Gasteiger charge is -2.14. The second kappa shape index (κ2) is 4.14. The quantitative estimate of drug-likeness (QED) is 0.671. The molecule has 0 aliphatic rings. The van der Waals surface area contributed by atoms with Crippen LogP contribution in [-0.2, 0) is 0 Å². The summed E-state index contributed by atoms with van der Waals surface area (Å²) in [5, 5.41) is 26.4. The molecule has 80 valence electrons. The number of halogens is 1. The number of aliphatic hydroxyl groups excluding tert-OH is 2. The van der Waals surface area contributed by atoms with Crippen LogP contribution in [-0.4, -0.2) is 37.4 Å². The Bertz CT molecular complexity index is 459. The van der Waals surface area contributed by atoms with Crippen LogP contribution in [0.1, 0.15) is 11.8 Å². The summed E-state index contributed by atoms with van der Waals surface area (Å²) in [6, 6.07) is 1.67. The molecule has 0 bridgehead atoms. The van der Waals surface area contributed by atoms with Gasteiger partial charge in [0.25, 0.3) is 0 Å². The molecule has 2 atom stereocenters. The minimum Gasteiger partial charge on any atom is -0.389 e. The van der Waals surface area contributed by atoms with E-state index in [9.17, 15) is 10.2 Å². The van der Waals surface area contributed by atoms with Gasteiger partial charge in [0.15, 0.2) is 0 Å². The zero-order valence-electron chi connectivity index (χ0n) is 7.76. The maximum absolute atomic E-state index is 9.66. The minimum atomic E-state index is -1.07. The van der Waals surface area contributed by atoms with Gasteiger partial charge in [-0.25, -0.2) is 0 Å². The lowest BCUT2D eigenvalue weighted by molar-refractivity contribution is 0.0301. The molecule has 2 unspecified atom stereocenters. The highest BCUT2D eigenvalue weighted by Gasteiger charge is 2.18. The third-order valence-electron chi connectivity index (χ3n) is 2.17. The number of pyridine rings is 1.